The van der Waals surface area contributed by atoms with Crippen molar-refractivity contribution in [3.8, 4) is 11.3 Å². The lowest BCUT2D eigenvalue weighted by Gasteiger charge is -2.33. The van der Waals surface area contributed by atoms with E-state index in [1.807, 2.05) is 28.9 Å². The first-order valence-corrected chi connectivity index (χ1v) is 14.8. The zero-order valence-electron chi connectivity index (χ0n) is 24.6. The number of nitrogens with zero attached hydrogens (tertiary/aromatic N) is 9. The molecule has 3 aliphatic heterocycles. The fraction of sp³-hybridized carbons (Fsp3) is 0.516. The molecule has 2 atom stereocenters. The Bertz CT molecular complexity index is 1410. The summed E-state index contributed by atoms with van der Waals surface area (Å²) in [6, 6.07) is 8.77. The molecule has 0 spiro atoms. The molecule has 0 bridgehead atoms. The van der Waals surface area contributed by atoms with E-state index in [1.54, 1.807) is 6.92 Å². The smallest absolute Gasteiger partial charge is 0.219 e. The Morgan fingerprint density at radius 2 is 1.85 bits per heavy atom. The first kappa shape index (κ1) is 27.4. The molecule has 41 heavy (non-hydrogen) atoms. The van der Waals surface area contributed by atoms with Gasteiger partial charge in [0.25, 0.3) is 0 Å². The molecule has 5 heterocycles. The third-order valence-corrected chi connectivity index (χ3v) is 8.74. The summed E-state index contributed by atoms with van der Waals surface area (Å²) in [6.45, 7) is 14.3. The zero-order chi connectivity index (χ0) is 28.5. The number of carbonyl (C=O) groups excluding carboxylic acids is 1. The third-order valence-electron chi connectivity index (χ3n) is 8.74. The van der Waals surface area contributed by atoms with Gasteiger partial charge in [0, 0.05) is 70.3 Å². The van der Waals surface area contributed by atoms with Gasteiger partial charge in [0.2, 0.25) is 5.91 Å². The van der Waals surface area contributed by atoms with E-state index in [2.05, 4.69) is 58.0 Å². The normalized spacial score (nSPS) is 21.6. The molecule has 10 heteroatoms. The highest BCUT2D eigenvalue weighted by atomic mass is 16.2. The average molecular weight is 555 g/mol. The topological polar surface area (TPSA) is 97.4 Å². The molecular weight excluding hydrogens is 514 g/mol. The highest BCUT2D eigenvalue weighted by Crippen LogP contribution is 2.38. The lowest BCUT2D eigenvalue weighted by atomic mass is 9.92. The summed E-state index contributed by atoms with van der Waals surface area (Å²) in [5, 5.41) is 9.32. The number of rotatable bonds is 6. The van der Waals surface area contributed by atoms with Gasteiger partial charge in [-0.15, -0.1) is 0 Å². The van der Waals surface area contributed by atoms with Crippen LogP contribution in [0.15, 0.2) is 42.2 Å². The van der Waals surface area contributed by atoms with Crippen molar-refractivity contribution in [1.82, 2.24) is 34.5 Å². The summed E-state index contributed by atoms with van der Waals surface area (Å²) in [6.07, 6.45) is 6.97. The van der Waals surface area contributed by atoms with Gasteiger partial charge in [0.15, 0.2) is 0 Å². The van der Waals surface area contributed by atoms with E-state index in [4.69, 9.17) is 15.3 Å². The molecule has 3 aliphatic rings. The Labute approximate surface area is 242 Å². The Hall–Kier alpha value is -3.79. The van der Waals surface area contributed by atoms with Crippen molar-refractivity contribution in [3.63, 3.8) is 0 Å². The SMILES string of the molecule is CC(=O)N1CCCN(Cc2ccc(-c3cnc(N4CC[C@@H](CC5=C(C)n6nc(C)nc6[N-]C5C)C4)cn3)cc2)CC1. The predicted molar refractivity (Wildman–Crippen MR) is 161 cm³/mol. The Balaban J connectivity index is 1.04. The average Bonchev–Trinajstić information content (AvgIpc) is 3.51. The van der Waals surface area contributed by atoms with Crippen molar-refractivity contribution in [1.29, 1.82) is 0 Å². The fourth-order valence-corrected chi connectivity index (χ4v) is 6.36. The molecule has 2 saturated heterocycles. The van der Waals surface area contributed by atoms with Gasteiger partial charge in [-0.25, -0.2) is 10.1 Å². The summed E-state index contributed by atoms with van der Waals surface area (Å²) in [4.78, 5) is 32.5. The molecule has 0 aliphatic carbocycles. The number of aryl methyl sites for hydroxylation is 1. The van der Waals surface area contributed by atoms with Gasteiger partial charge >= 0.3 is 0 Å². The molecule has 6 rings (SSSR count). The summed E-state index contributed by atoms with van der Waals surface area (Å²) in [5.74, 6) is 3.14. The van der Waals surface area contributed by atoms with Gasteiger partial charge in [-0.1, -0.05) is 36.8 Å². The van der Waals surface area contributed by atoms with Crippen molar-refractivity contribution < 1.29 is 4.79 Å². The van der Waals surface area contributed by atoms with E-state index in [1.165, 1.54) is 16.8 Å². The summed E-state index contributed by atoms with van der Waals surface area (Å²) in [5.41, 5.74) is 5.76. The Morgan fingerprint density at radius 1 is 1.02 bits per heavy atom. The Kier molecular flexibility index (Phi) is 7.75. The van der Waals surface area contributed by atoms with E-state index in [0.717, 1.165) is 88.0 Å². The predicted octanol–water partition coefficient (Wildman–Crippen LogP) is 4.65. The minimum Gasteiger partial charge on any atom is -0.385 e. The number of hydrogen-bond acceptors (Lipinski definition) is 7. The van der Waals surface area contributed by atoms with E-state index in [0.29, 0.717) is 11.9 Å². The maximum Gasteiger partial charge on any atom is 0.219 e. The molecule has 10 nitrogen and oxygen atoms in total. The van der Waals surface area contributed by atoms with Crippen LogP contribution in [0.3, 0.4) is 0 Å². The van der Waals surface area contributed by atoms with Crippen molar-refractivity contribution in [3.05, 3.63) is 58.9 Å². The van der Waals surface area contributed by atoms with Crippen molar-refractivity contribution in [2.45, 2.75) is 59.5 Å². The van der Waals surface area contributed by atoms with Gasteiger partial charge < -0.3 is 24.8 Å². The van der Waals surface area contributed by atoms with Crippen LogP contribution < -0.4 is 4.90 Å². The largest absolute Gasteiger partial charge is 0.385 e. The zero-order valence-corrected chi connectivity index (χ0v) is 24.6. The van der Waals surface area contributed by atoms with Gasteiger partial charge in [-0.05, 0) is 50.3 Å². The molecule has 0 N–H and O–H groups in total. The number of benzene rings is 1. The van der Waals surface area contributed by atoms with E-state index in [9.17, 15) is 4.79 Å². The molecular formula is C31H40N9O-. The molecule has 2 aromatic heterocycles. The van der Waals surface area contributed by atoms with E-state index >= 15 is 0 Å². The number of hydrogen-bond donors (Lipinski definition) is 0. The monoisotopic (exact) mass is 554 g/mol. The highest BCUT2D eigenvalue weighted by molar-refractivity contribution is 5.73. The number of anilines is 1. The van der Waals surface area contributed by atoms with Gasteiger partial charge in [-0.2, -0.15) is 0 Å². The van der Waals surface area contributed by atoms with Gasteiger partial charge in [0.05, 0.1) is 23.9 Å². The lowest BCUT2D eigenvalue weighted by molar-refractivity contribution is -0.128. The van der Waals surface area contributed by atoms with Gasteiger partial charge in [-0.3, -0.25) is 14.7 Å². The van der Waals surface area contributed by atoms with Crippen molar-refractivity contribution in [2.24, 2.45) is 5.92 Å². The van der Waals surface area contributed by atoms with Crippen LogP contribution in [0.4, 0.5) is 11.8 Å². The first-order chi connectivity index (χ1) is 19.8. The van der Waals surface area contributed by atoms with Crippen LogP contribution in [0.1, 0.15) is 51.4 Å². The second-order valence-corrected chi connectivity index (χ2v) is 11.7. The third kappa shape index (κ3) is 5.98. The molecule has 1 aromatic carbocycles. The minimum absolute atomic E-state index is 0.132. The number of aromatic nitrogens is 5. The second kappa shape index (κ2) is 11.6. The maximum atomic E-state index is 11.7. The number of carbonyl (C=O) groups is 1. The number of allylic oxidation sites excluding steroid dienone is 1. The van der Waals surface area contributed by atoms with Crippen molar-refractivity contribution in [2.75, 3.05) is 44.2 Å². The summed E-state index contributed by atoms with van der Waals surface area (Å²) >= 11 is 0. The second-order valence-electron chi connectivity index (χ2n) is 11.7. The quantitative estimate of drug-likeness (QED) is 0.437. The van der Waals surface area contributed by atoms with Crippen LogP contribution in [0.5, 0.6) is 0 Å². The van der Waals surface area contributed by atoms with E-state index in [-0.39, 0.29) is 11.9 Å². The molecule has 3 aromatic rings. The molecule has 0 radical (unpaired) electrons. The van der Waals surface area contributed by atoms with Crippen LogP contribution >= 0.6 is 0 Å². The summed E-state index contributed by atoms with van der Waals surface area (Å²) < 4.78 is 1.89. The van der Waals surface area contributed by atoms with Crippen LogP contribution in [0, 0.1) is 12.8 Å². The van der Waals surface area contributed by atoms with Crippen molar-refractivity contribution >= 4 is 23.4 Å². The summed E-state index contributed by atoms with van der Waals surface area (Å²) in [7, 11) is 0. The Morgan fingerprint density at radius 3 is 2.61 bits per heavy atom. The fourth-order valence-electron chi connectivity index (χ4n) is 6.36. The minimum atomic E-state index is 0.132. The lowest BCUT2D eigenvalue weighted by Crippen LogP contribution is -2.33. The van der Waals surface area contributed by atoms with Crippen LogP contribution in [-0.4, -0.2) is 85.7 Å². The number of fused-ring (bicyclic) bond motifs is 1. The number of amides is 1. The molecule has 1 unspecified atom stereocenters. The molecule has 216 valence electrons. The maximum absolute atomic E-state index is 11.7. The molecule has 0 saturated carbocycles. The highest BCUT2D eigenvalue weighted by Gasteiger charge is 2.28. The van der Waals surface area contributed by atoms with E-state index < -0.39 is 0 Å². The standard InChI is InChI=1S/C31H40N9O/c1-21-28(22(2)40-31(34-21)35-23(3)36-40)16-26-10-13-39(20-26)30-18-32-29(17-33-30)27-8-6-25(7-9-27)19-37-11-5-12-38(15-14-37)24(4)41/h6-9,17-18,21,26H,5,10-16,19-20H2,1-4H3/q-1/t21?,26-/m0/s1. The van der Waals surface area contributed by atoms with Crippen LogP contribution in [0.25, 0.3) is 22.3 Å². The molecule has 2 fully saturated rings. The van der Waals surface area contributed by atoms with Gasteiger partial charge in [0.1, 0.15) is 5.82 Å². The van der Waals surface area contributed by atoms with Crippen LogP contribution in [-0.2, 0) is 11.3 Å². The molecule has 1 amide bonds. The first-order valence-electron chi connectivity index (χ1n) is 14.8. The van der Waals surface area contributed by atoms with Crippen LogP contribution in [0.2, 0.25) is 0 Å².